The molecule has 7 rings (SSSR count). The molecular formula is C37H37ClFN5O3. The van der Waals surface area contributed by atoms with Gasteiger partial charge in [-0.2, -0.15) is 10.2 Å². The van der Waals surface area contributed by atoms with Crippen molar-refractivity contribution in [2.45, 2.75) is 66.0 Å². The number of aromatic carboxylic acids is 1. The normalized spacial score (nSPS) is 14.3. The number of aryl methyl sites for hydroxylation is 8. The first-order valence-corrected chi connectivity index (χ1v) is 16.4. The molecular weight excluding hydrogens is 617 g/mol. The lowest BCUT2D eigenvalue weighted by molar-refractivity contribution is 0.0684. The van der Waals surface area contributed by atoms with Crippen molar-refractivity contribution in [3.05, 3.63) is 98.8 Å². The highest BCUT2D eigenvalue weighted by atomic mass is 35.5. The molecule has 0 saturated carbocycles. The Hall–Kier alpha value is -4.63. The Bertz CT molecular complexity index is 2190. The molecule has 1 aliphatic rings. The number of fused-ring (bicyclic) bond motifs is 8. The van der Waals surface area contributed by atoms with Crippen molar-refractivity contribution >= 4 is 39.2 Å². The first-order valence-electron chi connectivity index (χ1n) is 16.1. The quantitative estimate of drug-likeness (QED) is 0.194. The van der Waals surface area contributed by atoms with E-state index in [1.807, 2.05) is 66.0 Å². The zero-order valence-corrected chi connectivity index (χ0v) is 27.8. The molecule has 4 heterocycles. The number of nitrogens with zero attached hydrogens (tertiary/aromatic N) is 5. The molecule has 1 aliphatic heterocycles. The minimum atomic E-state index is -0.993. The zero-order valence-electron chi connectivity index (χ0n) is 27.0. The second-order valence-electron chi connectivity index (χ2n) is 12.5. The summed E-state index contributed by atoms with van der Waals surface area (Å²) in [7, 11) is 1.97. The molecule has 0 fully saturated rings. The van der Waals surface area contributed by atoms with Gasteiger partial charge in [-0.25, -0.2) is 9.18 Å². The van der Waals surface area contributed by atoms with E-state index in [1.165, 1.54) is 6.07 Å². The molecule has 6 aromatic rings. The maximum atomic E-state index is 14.3. The third-order valence-electron chi connectivity index (χ3n) is 9.51. The van der Waals surface area contributed by atoms with E-state index in [0.717, 1.165) is 86.8 Å². The number of halogens is 2. The van der Waals surface area contributed by atoms with Crippen molar-refractivity contribution in [1.82, 2.24) is 24.1 Å². The molecule has 0 saturated heterocycles. The van der Waals surface area contributed by atoms with Crippen molar-refractivity contribution in [1.29, 1.82) is 0 Å². The molecule has 0 spiro atoms. The smallest absolute Gasteiger partial charge is 0.352 e. The van der Waals surface area contributed by atoms with Gasteiger partial charge in [0.15, 0.2) is 0 Å². The van der Waals surface area contributed by atoms with Crippen LogP contribution in [0.1, 0.15) is 57.1 Å². The summed E-state index contributed by atoms with van der Waals surface area (Å²) in [6.07, 6.45) is 3.67. The standard InChI is InChI=1S/C37H37ClFN5O3/c1-21-23(3)40-44-15-5-7-27-20-28(42(4)41-27)10-8-24-17-25-19-26(39)9-11-29(25)32(18-24)47-16-6-14-43-31-13-12-30(38)34(35(21)44)33(31)22(2)36(43)37(45)46/h9,11-13,17-20H,5-8,10,14-16H2,1-4H3,(H,45,46). The summed E-state index contributed by atoms with van der Waals surface area (Å²) in [5.74, 6) is -0.598. The Morgan fingerprint density at radius 1 is 0.957 bits per heavy atom. The second kappa shape index (κ2) is 12.2. The monoisotopic (exact) mass is 653 g/mol. The lowest BCUT2D eigenvalue weighted by atomic mass is 9.99. The average molecular weight is 654 g/mol. The van der Waals surface area contributed by atoms with Gasteiger partial charge in [-0.15, -0.1) is 0 Å². The summed E-state index contributed by atoms with van der Waals surface area (Å²) < 4.78 is 26.5. The Morgan fingerprint density at radius 3 is 2.60 bits per heavy atom. The maximum absolute atomic E-state index is 14.3. The molecule has 47 heavy (non-hydrogen) atoms. The Balaban J connectivity index is 1.36. The van der Waals surface area contributed by atoms with E-state index in [0.29, 0.717) is 42.5 Å². The van der Waals surface area contributed by atoms with Crippen LogP contribution in [-0.2, 0) is 39.4 Å². The molecule has 0 amide bonds. The topological polar surface area (TPSA) is 87.1 Å². The van der Waals surface area contributed by atoms with Crippen LogP contribution in [0.3, 0.4) is 0 Å². The van der Waals surface area contributed by atoms with Crippen LogP contribution in [0.15, 0.2) is 48.5 Å². The third-order valence-corrected chi connectivity index (χ3v) is 9.82. The molecule has 0 unspecified atom stereocenters. The first-order chi connectivity index (χ1) is 22.6. The van der Waals surface area contributed by atoms with E-state index in [9.17, 15) is 14.3 Å². The Kier molecular flexibility index (Phi) is 8.04. The van der Waals surface area contributed by atoms with Crippen molar-refractivity contribution < 1.29 is 19.0 Å². The lowest BCUT2D eigenvalue weighted by Crippen LogP contribution is -2.12. The van der Waals surface area contributed by atoms with Crippen LogP contribution in [0.5, 0.6) is 5.75 Å². The van der Waals surface area contributed by atoms with Crippen LogP contribution < -0.4 is 4.74 Å². The first kappa shape index (κ1) is 31.0. The summed E-state index contributed by atoms with van der Waals surface area (Å²) >= 11 is 6.97. The number of carbonyl (C=O) groups is 1. The number of hydrogen-bond donors (Lipinski definition) is 1. The van der Waals surface area contributed by atoms with Crippen molar-refractivity contribution in [3.8, 4) is 17.0 Å². The van der Waals surface area contributed by atoms with Crippen LogP contribution in [0.2, 0.25) is 5.02 Å². The van der Waals surface area contributed by atoms with Gasteiger partial charge in [-0.3, -0.25) is 9.36 Å². The van der Waals surface area contributed by atoms with Gasteiger partial charge in [0.1, 0.15) is 17.3 Å². The highest BCUT2D eigenvalue weighted by Gasteiger charge is 2.26. The van der Waals surface area contributed by atoms with Crippen LogP contribution in [0.25, 0.3) is 32.9 Å². The van der Waals surface area contributed by atoms with Gasteiger partial charge in [0, 0.05) is 47.7 Å². The van der Waals surface area contributed by atoms with E-state index in [-0.39, 0.29) is 11.5 Å². The highest BCUT2D eigenvalue weighted by molar-refractivity contribution is 6.35. The fourth-order valence-electron chi connectivity index (χ4n) is 7.14. The van der Waals surface area contributed by atoms with Crippen LogP contribution >= 0.6 is 11.6 Å². The predicted octanol–water partition coefficient (Wildman–Crippen LogP) is 8.01. The van der Waals surface area contributed by atoms with Crippen LogP contribution in [0, 0.1) is 26.6 Å². The number of ether oxygens (including phenoxy) is 1. The van der Waals surface area contributed by atoms with Gasteiger partial charge < -0.3 is 14.4 Å². The number of benzene rings is 3. The number of aromatic nitrogens is 5. The predicted molar refractivity (Wildman–Crippen MR) is 182 cm³/mol. The molecule has 3 aromatic heterocycles. The summed E-state index contributed by atoms with van der Waals surface area (Å²) in [5.41, 5.74) is 8.54. The van der Waals surface area contributed by atoms with E-state index >= 15 is 0 Å². The van der Waals surface area contributed by atoms with Gasteiger partial charge in [0.2, 0.25) is 0 Å². The molecule has 0 atom stereocenters. The van der Waals surface area contributed by atoms with E-state index in [2.05, 4.69) is 6.07 Å². The average Bonchev–Trinajstić information content (AvgIpc) is 3.63. The Labute approximate surface area is 277 Å². The fraction of sp³-hybridized carbons (Fsp3) is 0.324. The third kappa shape index (κ3) is 5.56. The summed E-state index contributed by atoms with van der Waals surface area (Å²) in [4.78, 5) is 12.7. The van der Waals surface area contributed by atoms with Crippen molar-refractivity contribution in [2.75, 3.05) is 6.61 Å². The number of carboxylic acid groups (broad SMARTS) is 1. The summed E-state index contributed by atoms with van der Waals surface area (Å²) in [6, 6.07) is 14.7. The zero-order chi connectivity index (χ0) is 33.0. The molecule has 1 N–H and O–H groups in total. The van der Waals surface area contributed by atoms with E-state index < -0.39 is 5.97 Å². The molecule has 8 bridgehead atoms. The second-order valence-corrected chi connectivity index (χ2v) is 13.0. The van der Waals surface area contributed by atoms with Crippen LogP contribution in [0.4, 0.5) is 4.39 Å². The van der Waals surface area contributed by atoms with E-state index in [1.54, 1.807) is 12.1 Å². The molecule has 0 radical (unpaired) electrons. The van der Waals surface area contributed by atoms with Gasteiger partial charge in [0.05, 0.1) is 28.7 Å². The van der Waals surface area contributed by atoms with Crippen LogP contribution in [-0.4, -0.2) is 41.8 Å². The number of carboxylic acids is 1. The summed E-state index contributed by atoms with van der Waals surface area (Å²) in [6.45, 7) is 7.33. The number of hydrogen-bond acceptors (Lipinski definition) is 4. The highest BCUT2D eigenvalue weighted by Crippen LogP contribution is 2.42. The molecule has 0 aliphatic carbocycles. The van der Waals surface area contributed by atoms with Crippen molar-refractivity contribution in [2.24, 2.45) is 7.05 Å². The van der Waals surface area contributed by atoms with Crippen molar-refractivity contribution in [3.63, 3.8) is 0 Å². The maximum Gasteiger partial charge on any atom is 0.352 e. The molecule has 3 aromatic carbocycles. The van der Waals surface area contributed by atoms with Gasteiger partial charge >= 0.3 is 5.97 Å². The van der Waals surface area contributed by atoms with Gasteiger partial charge in [-0.1, -0.05) is 17.7 Å². The fourth-order valence-corrected chi connectivity index (χ4v) is 7.39. The SMILES string of the molecule is Cc1nn2c(c1C)-c1c(Cl)ccc3c1c(C)c(C(=O)O)n3CCCOc1cc(cc3cc(F)ccc13)CCc1cc(nn1C)CCC2. The number of rotatable bonds is 1. The largest absolute Gasteiger partial charge is 0.493 e. The molecule has 242 valence electrons. The Morgan fingerprint density at radius 2 is 1.79 bits per heavy atom. The molecule has 10 heteroatoms. The lowest BCUT2D eigenvalue weighted by Gasteiger charge is -2.14. The van der Waals surface area contributed by atoms with Gasteiger partial charge in [-0.05, 0) is 117 Å². The molecule has 8 nitrogen and oxygen atoms in total. The minimum Gasteiger partial charge on any atom is -0.493 e. The van der Waals surface area contributed by atoms with E-state index in [4.69, 9.17) is 26.5 Å². The van der Waals surface area contributed by atoms with Gasteiger partial charge in [0.25, 0.3) is 0 Å². The minimum absolute atomic E-state index is 0.236. The summed E-state index contributed by atoms with van der Waals surface area (Å²) in [5, 5.41) is 23.1.